The van der Waals surface area contributed by atoms with E-state index in [0.29, 0.717) is 39.3 Å². The Balaban J connectivity index is 0.00000780. The van der Waals surface area contributed by atoms with E-state index in [1.807, 2.05) is 79.7 Å². The van der Waals surface area contributed by atoms with Gasteiger partial charge >= 0.3 is 0 Å². The third-order valence-electron chi connectivity index (χ3n) is 12.7. The summed E-state index contributed by atoms with van der Waals surface area (Å²) in [5.41, 5.74) is 13.3. The number of aromatic nitrogens is 3. The quantitative estimate of drug-likeness (QED) is 0.154. The zero-order chi connectivity index (χ0) is 52.9. The summed E-state index contributed by atoms with van der Waals surface area (Å²) in [5, 5.41) is 12.0. The van der Waals surface area contributed by atoms with Crippen LogP contribution in [0.2, 0.25) is 0 Å². The van der Waals surface area contributed by atoms with E-state index in [1.54, 1.807) is 12.3 Å². The number of rotatable bonds is 8. The van der Waals surface area contributed by atoms with Gasteiger partial charge in [0.05, 0.1) is 27.8 Å². The molecule has 1 N–H and O–H groups in total. The summed E-state index contributed by atoms with van der Waals surface area (Å²) in [4.78, 5) is 10.3. The molecule has 0 bridgehead atoms. The van der Waals surface area contributed by atoms with E-state index < -0.39 is 17.2 Å². The van der Waals surface area contributed by atoms with E-state index in [9.17, 15) is 5.11 Å². The van der Waals surface area contributed by atoms with Gasteiger partial charge in [0.15, 0.2) is 0 Å². The SMILES string of the molecule is [2H]c1c([2H])c(C(C)(C)C)c([2H])c([2H])c1-c1ccnc(-c2[c-]c(-c3cccc4c3nc(-c3cc(C(C)(C)C)cc(C)c3O)n4-c3ccc(-c4cc(C([2H])(C)C)cc(C([2H])(C)C)c4)cc3C)cc(C(C)(C)C)c2)c1.[Pt]. The topological polar surface area (TPSA) is 50.9 Å². The Morgan fingerprint density at radius 1 is 0.597 bits per heavy atom. The maximum atomic E-state index is 12.0. The van der Waals surface area contributed by atoms with Crippen molar-refractivity contribution in [2.24, 2.45) is 0 Å². The second-order valence-electron chi connectivity index (χ2n) is 21.6. The Kier molecular flexibility index (Phi) is 11.5. The third-order valence-corrected chi connectivity index (χ3v) is 12.7. The van der Waals surface area contributed by atoms with E-state index in [4.69, 9.17) is 18.2 Å². The molecule has 0 fully saturated rings. The molecule has 0 spiro atoms. The van der Waals surface area contributed by atoms with Crippen molar-refractivity contribution in [3.8, 4) is 67.5 Å². The van der Waals surface area contributed by atoms with Crippen LogP contribution in [0.25, 0.3) is 72.7 Å². The van der Waals surface area contributed by atoms with Crippen molar-refractivity contribution in [2.75, 3.05) is 0 Å². The van der Waals surface area contributed by atoms with Crippen molar-refractivity contribution in [1.82, 2.24) is 14.5 Å². The molecule has 4 nitrogen and oxygen atoms in total. The number of hydrogen-bond donors (Lipinski definition) is 1. The van der Waals surface area contributed by atoms with Gasteiger partial charge in [-0.1, -0.05) is 174 Å². The van der Waals surface area contributed by atoms with Crippen LogP contribution in [0.1, 0.15) is 149 Å². The van der Waals surface area contributed by atoms with Gasteiger partial charge in [-0.25, -0.2) is 4.98 Å². The molecule has 0 unspecified atom stereocenters. The summed E-state index contributed by atoms with van der Waals surface area (Å²) < 4.78 is 56.0. The summed E-state index contributed by atoms with van der Waals surface area (Å²) in [5.74, 6) is -0.995. The van der Waals surface area contributed by atoms with Crippen LogP contribution in [-0.4, -0.2) is 19.6 Å². The van der Waals surface area contributed by atoms with Crippen molar-refractivity contribution in [3.05, 3.63) is 166 Å². The van der Waals surface area contributed by atoms with Gasteiger partial charge in [0, 0.05) is 35.7 Å². The number of nitrogens with zero attached hydrogens (tertiary/aromatic N) is 3. The molecule has 8 aromatic rings. The summed E-state index contributed by atoms with van der Waals surface area (Å²) in [6.07, 6.45) is 1.65. The third kappa shape index (κ3) is 10.0. The minimum atomic E-state index is -0.864. The Morgan fingerprint density at radius 3 is 1.79 bits per heavy atom. The van der Waals surface area contributed by atoms with Crippen LogP contribution in [0.15, 0.2) is 121 Å². The number of hydrogen-bond acceptors (Lipinski definition) is 3. The predicted molar refractivity (Wildman–Crippen MR) is 280 cm³/mol. The van der Waals surface area contributed by atoms with E-state index in [1.165, 1.54) is 0 Å². The predicted octanol–water partition coefficient (Wildman–Crippen LogP) is 17.0. The van der Waals surface area contributed by atoms with Crippen molar-refractivity contribution in [2.45, 2.75) is 132 Å². The summed E-state index contributed by atoms with van der Waals surface area (Å²) >= 11 is 0. The van der Waals surface area contributed by atoms with E-state index in [-0.39, 0.29) is 67.4 Å². The fourth-order valence-corrected chi connectivity index (χ4v) is 8.43. The van der Waals surface area contributed by atoms with Gasteiger partial charge in [-0.3, -0.25) is 9.55 Å². The van der Waals surface area contributed by atoms with Crippen LogP contribution in [0.4, 0.5) is 0 Å². The fourth-order valence-electron chi connectivity index (χ4n) is 8.43. The first-order chi connectivity index (χ1) is 33.2. The summed E-state index contributed by atoms with van der Waals surface area (Å²) in [6.45, 7) is 30.2. The maximum absolute atomic E-state index is 12.0. The zero-order valence-corrected chi connectivity index (χ0v) is 44.1. The molecule has 6 aromatic carbocycles. The summed E-state index contributed by atoms with van der Waals surface area (Å²) in [7, 11) is 0. The van der Waals surface area contributed by atoms with Gasteiger partial charge in [-0.05, 0) is 128 Å². The van der Waals surface area contributed by atoms with Crippen molar-refractivity contribution in [1.29, 1.82) is 0 Å². The Hall–Kier alpha value is -5.57. The molecule has 0 radical (unpaired) electrons. The Morgan fingerprint density at radius 2 is 1.19 bits per heavy atom. The standard InChI is InChI=1S/C62H68N3O.Pt/c1-37(2)44-29-45(38(3)4)31-46(30-44)42-21-24-55(39(5)27-42)65-56-18-16-17-52(57(56)64-59(65)53-36-50(61(10,11)12)28-40(6)58(53)66)47-32-48(34-51(33-47)62(13,14)15)54-35-43(25-26-63-54)41-19-22-49(23-20-41)60(7,8)9;/h16-31,33-38,66H,1-15H3;/q-1;/i19D,20D,22D,23D,37D,38D;. The molecule has 0 aliphatic heterocycles. The molecule has 67 heavy (non-hydrogen) atoms. The molecule has 0 amide bonds. The Labute approximate surface area is 423 Å². The number of fused-ring (bicyclic) bond motifs is 1. The number of aromatic hydroxyl groups is 1. The monoisotopic (exact) mass is 1070 g/mol. The Bertz CT molecular complexity index is 3410. The molecule has 5 heteroatoms. The number of benzene rings is 6. The number of phenols is 1. The average molecular weight is 1070 g/mol. The van der Waals surface area contributed by atoms with Crippen LogP contribution in [0.3, 0.4) is 0 Å². The molecule has 0 atom stereocenters. The van der Waals surface area contributed by atoms with Crippen LogP contribution in [-0.2, 0) is 37.3 Å². The van der Waals surface area contributed by atoms with Crippen LogP contribution < -0.4 is 0 Å². The second-order valence-corrected chi connectivity index (χ2v) is 21.6. The smallest absolute Gasteiger partial charge is 0.148 e. The number of para-hydroxylation sites is 1. The van der Waals surface area contributed by atoms with E-state index in [0.717, 1.165) is 66.8 Å². The van der Waals surface area contributed by atoms with Crippen LogP contribution in [0.5, 0.6) is 5.75 Å². The number of pyridine rings is 1. The van der Waals surface area contributed by atoms with Crippen molar-refractivity contribution < 1.29 is 34.4 Å². The first-order valence-corrected chi connectivity index (χ1v) is 23.0. The molecule has 0 saturated heterocycles. The van der Waals surface area contributed by atoms with Gasteiger partial charge in [-0.2, -0.15) is 0 Å². The minimum Gasteiger partial charge on any atom is -0.507 e. The molecule has 2 aromatic heterocycles. The number of imidazole rings is 1. The van der Waals surface area contributed by atoms with Crippen molar-refractivity contribution in [3.63, 3.8) is 0 Å². The molecular weight excluding hydrogens is 998 g/mol. The van der Waals surface area contributed by atoms with E-state index >= 15 is 0 Å². The first kappa shape index (κ1) is 41.6. The number of phenolic OH excluding ortho intramolecular Hbond substituents is 1. The van der Waals surface area contributed by atoms with Gasteiger partial charge in [0.25, 0.3) is 0 Å². The maximum Gasteiger partial charge on any atom is 0.148 e. The van der Waals surface area contributed by atoms with Crippen molar-refractivity contribution >= 4 is 11.0 Å². The summed E-state index contributed by atoms with van der Waals surface area (Å²) in [6, 6.07) is 33.9. The fraction of sp³-hybridized carbons (Fsp3) is 0.323. The molecular formula is C62H68N3OPt-. The van der Waals surface area contributed by atoms with Gasteiger partial charge in [0.2, 0.25) is 0 Å². The first-order valence-electron chi connectivity index (χ1n) is 26.0. The van der Waals surface area contributed by atoms with Crippen LogP contribution in [0, 0.1) is 19.9 Å². The van der Waals surface area contributed by atoms with Crippen LogP contribution >= 0.6 is 0 Å². The van der Waals surface area contributed by atoms with Gasteiger partial charge < -0.3 is 5.11 Å². The normalized spacial score (nSPS) is 13.9. The molecule has 0 saturated carbocycles. The largest absolute Gasteiger partial charge is 0.507 e. The molecule has 2 heterocycles. The van der Waals surface area contributed by atoms with Gasteiger partial charge in [-0.15, -0.1) is 29.3 Å². The number of aryl methyl sites for hydroxylation is 2. The van der Waals surface area contributed by atoms with E-state index in [2.05, 4.69) is 120 Å². The minimum absolute atomic E-state index is 0. The molecule has 0 aliphatic carbocycles. The second kappa shape index (κ2) is 18.5. The average Bonchev–Trinajstić information content (AvgIpc) is 3.66. The molecule has 8 rings (SSSR count). The molecule has 0 aliphatic rings. The molecule has 348 valence electrons. The zero-order valence-electron chi connectivity index (χ0n) is 47.8. The van der Waals surface area contributed by atoms with Gasteiger partial charge in [0.1, 0.15) is 11.6 Å².